The number of carboxylic acid groups (broad SMARTS) is 1. The first-order chi connectivity index (χ1) is 8.22. The van der Waals surface area contributed by atoms with Crippen molar-refractivity contribution in [3.63, 3.8) is 0 Å². The van der Waals surface area contributed by atoms with Crippen molar-refractivity contribution >= 4 is 5.97 Å². The molecule has 0 spiro atoms. The van der Waals surface area contributed by atoms with Crippen molar-refractivity contribution in [2.24, 2.45) is 0 Å². The lowest BCUT2D eigenvalue weighted by molar-refractivity contribution is -0.138. The first-order valence-corrected chi connectivity index (χ1v) is 5.32. The molecule has 2 N–H and O–H groups in total. The van der Waals surface area contributed by atoms with E-state index in [0.29, 0.717) is 39.6 Å². The molecule has 0 aromatic rings. The molecule has 7 heteroatoms. The lowest BCUT2D eigenvalue weighted by Crippen LogP contribution is -2.09. The molecule has 7 nitrogen and oxygen atoms in total. The molecule has 1 fully saturated rings. The minimum atomic E-state index is -0.852. The van der Waals surface area contributed by atoms with E-state index in [1.807, 2.05) is 0 Å². The molecule has 1 aliphatic heterocycles. The Bertz CT molecular complexity index is 173. The van der Waals surface area contributed by atoms with Gasteiger partial charge in [-0.05, 0) is 0 Å². The summed E-state index contributed by atoms with van der Waals surface area (Å²) in [5, 5.41) is 16.2. The molecule has 0 aromatic carbocycles. The highest BCUT2D eigenvalue weighted by Gasteiger charge is 2.30. The number of epoxide rings is 1. The van der Waals surface area contributed by atoms with Crippen LogP contribution in [0.2, 0.25) is 0 Å². The second-order valence-electron chi connectivity index (χ2n) is 3.10. The number of carbonyl (C=O) groups is 1. The maximum atomic E-state index is 9.64. The maximum absolute atomic E-state index is 9.64. The molecule has 0 aliphatic carbocycles. The number of aliphatic carboxylic acids is 1. The molecule has 0 bridgehead atoms. The highest BCUT2D eigenvalue weighted by Crippen LogP contribution is 2.06. The van der Waals surface area contributed by atoms with Gasteiger partial charge in [0.25, 0.3) is 0 Å². The van der Waals surface area contributed by atoms with E-state index in [1.165, 1.54) is 0 Å². The minimum absolute atomic E-state index is 0.0675. The summed E-state index contributed by atoms with van der Waals surface area (Å²) in [5.41, 5.74) is 0. The molecule has 1 saturated heterocycles. The summed E-state index contributed by atoms with van der Waals surface area (Å²) in [6, 6.07) is 0. The Morgan fingerprint density at radius 3 is 2.12 bits per heavy atom. The summed E-state index contributed by atoms with van der Waals surface area (Å²) in [6.07, 6.45) is -0.481. The van der Waals surface area contributed by atoms with Crippen molar-refractivity contribution in [2.45, 2.75) is 6.10 Å². The summed E-state index contributed by atoms with van der Waals surface area (Å²) in [7, 11) is 1.63. The van der Waals surface area contributed by atoms with Crippen LogP contribution in [0.25, 0.3) is 0 Å². The van der Waals surface area contributed by atoms with Gasteiger partial charge in [0, 0.05) is 7.11 Å². The van der Waals surface area contributed by atoms with E-state index in [2.05, 4.69) is 4.74 Å². The minimum Gasteiger partial charge on any atom is -0.479 e. The van der Waals surface area contributed by atoms with Gasteiger partial charge in [-0.15, -0.1) is 0 Å². The number of aliphatic hydroxyl groups is 1. The van der Waals surface area contributed by atoms with Crippen molar-refractivity contribution in [3.05, 3.63) is 0 Å². The van der Waals surface area contributed by atoms with Gasteiger partial charge in [-0.2, -0.15) is 0 Å². The van der Waals surface area contributed by atoms with Gasteiger partial charge in [0.05, 0.1) is 46.2 Å². The lowest BCUT2D eigenvalue weighted by Gasteiger charge is -2.03. The predicted molar refractivity (Wildman–Crippen MR) is 58.0 cm³/mol. The first kappa shape index (κ1) is 16.3. The van der Waals surface area contributed by atoms with Gasteiger partial charge in [0.2, 0.25) is 0 Å². The zero-order valence-corrected chi connectivity index (χ0v) is 9.96. The summed E-state index contributed by atoms with van der Waals surface area (Å²) in [4.78, 5) is 9.64. The number of ether oxygens (including phenoxy) is 4. The largest absolute Gasteiger partial charge is 0.479 e. The van der Waals surface area contributed by atoms with Crippen LogP contribution in [-0.2, 0) is 23.7 Å². The van der Waals surface area contributed by atoms with Crippen molar-refractivity contribution < 1.29 is 34.0 Å². The van der Waals surface area contributed by atoms with Gasteiger partial charge < -0.3 is 29.2 Å². The standard InChI is InChI=1S/C7H16O4.C3H4O3/c1-9-4-5-11-7-6-10-3-2-8;4-3(5)2-1-6-2/h8H,2-7H2,1H3;2H,1H2,(H,4,5). The molecule has 0 aromatic heterocycles. The fourth-order valence-corrected chi connectivity index (χ4v) is 0.719. The van der Waals surface area contributed by atoms with Gasteiger partial charge in [0.1, 0.15) is 0 Å². The molecular formula is C10H20O7. The van der Waals surface area contributed by atoms with Gasteiger partial charge in [-0.25, -0.2) is 4.79 Å². The van der Waals surface area contributed by atoms with Gasteiger partial charge in [-0.1, -0.05) is 0 Å². The molecule has 1 heterocycles. The summed E-state index contributed by atoms with van der Waals surface area (Å²) >= 11 is 0. The number of aliphatic hydroxyl groups excluding tert-OH is 1. The fourth-order valence-electron chi connectivity index (χ4n) is 0.719. The topological polar surface area (TPSA) is 97.8 Å². The number of methoxy groups -OCH3 is 1. The summed E-state index contributed by atoms with van der Waals surface area (Å²) in [6.45, 7) is 3.15. The first-order valence-electron chi connectivity index (χ1n) is 5.32. The van der Waals surface area contributed by atoms with Crippen molar-refractivity contribution in [1.82, 2.24) is 0 Å². The zero-order chi connectivity index (χ0) is 12.9. The Morgan fingerprint density at radius 2 is 1.76 bits per heavy atom. The third-order valence-electron chi connectivity index (χ3n) is 1.65. The molecule has 102 valence electrons. The Hall–Kier alpha value is -0.730. The summed E-state index contributed by atoms with van der Waals surface area (Å²) < 4.78 is 19.2. The van der Waals surface area contributed by atoms with Crippen LogP contribution in [0.1, 0.15) is 0 Å². The molecule has 1 rings (SSSR count). The van der Waals surface area contributed by atoms with E-state index >= 15 is 0 Å². The van der Waals surface area contributed by atoms with E-state index in [0.717, 1.165) is 0 Å². The highest BCUT2D eigenvalue weighted by atomic mass is 16.6. The Morgan fingerprint density at radius 1 is 1.24 bits per heavy atom. The highest BCUT2D eigenvalue weighted by molar-refractivity contribution is 5.74. The molecule has 1 atom stereocenters. The maximum Gasteiger partial charge on any atom is 0.335 e. The van der Waals surface area contributed by atoms with Crippen LogP contribution in [0.15, 0.2) is 0 Å². The van der Waals surface area contributed by atoms with Crippen LogP contribution in [0.4, 0.5) is 0 Å². The second-order valence-corrected chi connectivity index (χ2v) is 3.10. The van der Waals surface area contributed by atoms with E-state index in [4.69, 9.17) is 24.4 Å². The Balaban J connectivity index is 0.000000354. The van der Waals surface area contributed by atoms with Gasteiger partial charge in [0.15, 0.2) is 6.10 Å². The molecule has 0 saturated carbocycles. The summed E-state index contributed by atoms with van der Waals surface area (Å²) in [5.74, 6) is -0.852. The molecule has 0 amide bonds. The molecule has 1 unspecified atom stereocenters. The monoisotopic (exact) mass is 252 g/mol. The van der Waals surface area contributed by atoms with E-state index in [-0.39, 0.29) is 6.61 Å². The van der Waals surface area contributed by atoms with Crippen molar-refractivity contribution in [3.8, 4) is 0 Å². The van der Waals surface area contributed by atoms with Gasteiger partial charge in [-0.3, -0.25) is 0 Å². The number of hydrogen-bond donors (Lipinski definition) is 2. The lowest BCUT2D eigenvalue weighted by atomic mass is 10.5. The van der Waals surface area contributed by atoms with Crippen LogP contribution < -0.4 is 0 Å². The Labute approximate surface area is 100 Å². The van der Waals surface area contributed by atoms with E-state index in [1.54, 1.807) is 7.11 Å². The third-order valence-corrected chi connectivity index (χ3v) is 1.65. The van der Waals surface area contributed by atoms with Crippen LogP contribution in [0.5, 0.6) is 0 Å². The number of rotatable bonds is 9. The second kappa shape index (κ2) is 11.7. The fraction of sp³-hybridized carbons (Fsp3) is 0.900. The average Bonchev–Trinajstić information content (AvgIpc) is 3.13. The molecular weight excluding hydrogens is 232 g/mol. The van der Waals surface area contributed by atoms with Crippen LogP contribution in [0, 0.1) is 0 Å². The van der Waals surface area contributed by atoms with E-state index < -0.39 is 12.1 Å². The molecule has 1 aliphatic rings. The van der Waals surface area contributed by atoms with Crippen molar-refractivity contribution in [2.75, 3.05) is 53.4 Å². The quantitative estimate of drug-likeness (QED) is 0.406. The van der Waals surface area contributed by atoms with Crippen molar-refractivity contribution in [1.29, 1.82) is 0 Å². The zero-order valence-electron chi connectivity index (χ0n) is 9.96. The smallest absolute Gasteiger partial charge is 0.335 e. The van der Waals surface area contributed by atoms with E-state index in [9.17, 15) is 4.79 Å². The normalized spacial score (nSPS) is 17.2. The average molecular weight is 252 g/mol. The SMILES string of the molecule is COCCOCCOCCO.O=C(O)C1CO1. The predicted octanol–water partition coefficient (Wildman–Crippen LogP) is -0.872. The number of carboxylic acids is 1. The van der Waals surface area contributed by atoms with Gasteiger partial charge >= 0.3 is 5.97 Å². The molecule has 17 heavy (non-hydrogen) atoms. The van der Waals surface area contributed by atoms with Crippen LogP contribution >= 0.6 is 0 Å². The number of hydrogen-bond acceptors (Lipinski definition) is 6. The molecule has 0 radical (unpaired) electrons. The third kappa shape index (κ3) is 13.2. The Kier molecular flexibility index (Phi) is 11.2. The van der Waals surface area contributed by atoms with Crippen LogP contribution in [0.3, 0.4) is 0 Å². The van der Waals surface area contributed by atoms with Crippen LogP contribution in [-0.4, -0.2) is 75.6 Å².